The predicted octanol–water partition coefficient (Wildman–Crippen LogP) is 1.56. The molecule has 2 radical (unpaired) electrons. The number of rotatable bonds is 11. The Morgan fingerprint density at radius 1 is 1.27 bits per heavy atom. The summed E-state index contributed by atoms with van der Waals surface area (Å²) in [6.07, 6.45) is 5.33. The molecule has 4 rings (SSSR count). The van der Waals surface area contributed by atoms with Gasteiger partial charge in [0, 0.05) is 29.6 Å². The van der Waals surface area contributed by atoms with Crippen molar-refractivity contribution in [3.63, 3.8) is 0 Å². The molecule has 12 nitrogen and oxygen atoms in total. The van der Waals surface area contributed by atoms with Crippen molar-refractivity contribution >= 4 is 60.1 Å². The summed E-state index contributed by atoms with van der Waals surface area (Å²) in [5.74, 6) is -3.69. The zero-order valence-electron chi connectivity index (χ0n) is 19.9. The van der Waals surface area contributed by atoms with Gasteiger partial charge in [-0.05, 0) is 31.2 Å². The highest BCUT2D eigenvalue weighted by atomic mass is 32.2. The molecule has 0 unspecified atom stereocenters. The van der Waals surface area contributed by atoms with Crippen LogP contribution in [0.25, 0.3) is 10.6 Å². The fraction of sp³-hybridized carbons (Fsp3) is 0.318. The van der Waals surface area contributed by atoms with Crippen molar-refractivity contribution in [2.24, 2.45) is 5.92 Å². The number of aromatic nitrogens is 3. The molecule has 2 amide bonds. The molecule has 0 aliphatic heterocycles. The Bertz CT molecular complexity index is 1300. The molecular formula is C22H24BN7O5S2. The van der Waals surface area contributed by atoms with Gasteiger partial charge in [0.1, 0.15) is 5.01 Å². The molecule has 2 heterocycles. The van der Waals surface area contributed by atoms with Gasteiger partial charge in [0.05, 0.1) is 24.0 Å². The highest BCUT2D eigenvalue weighted by Gasteiger charge is 2.30. The fourth-order valence-electron chi connectivity index (χ4n) is 3.34. The van der Waals surface area contributed by atoms with E-state index in [-0.39, 0.29) is 29.0 Å². The molecule has 2 aromatic heterocycles. The molecule has 15 heteroatoms. The lowest BCUT2D eigenvalue weighted by atomic mass is 10.0. The van der Waals surface area contributed by atoms with Crippen molar-refractivity contribution in [3.8, 4) is 16.3 Å². The van der Waals surface area contributed by atoms with Crippen LogP contribution in [0.1, 0.15) is 28.2 Å². The maximum Gasteiger partial charge on any atom is 0.277 e. The van der Waals surface area contributed by atoms with Gasteiger partial charge in [-0.2, -0.15) is 0 Å². The second-order valence-electron chi connectivity index (χ2n) is 8.10. The molecule has 192 valence electrons. The Kier molecular flexibility index (Phi) is 8.29. The number of nitrogens with one attached hydrogen (secondary N) is 4. The Labute approximate surface area is 222 Å². The van der Waals surface area contributed by atoms with Crippen molar-refractivity contribution < 1.29 is 24.5 Å². The standard InChI is InChI=1S/C22H24BN7O5S2/c1-35-18-13(21-24-9-12(37-21)10-25-36-2)4-3-5-14(18)26-15-8-16(27-19(31)11-6-7-11)29-30-17(15)20(32)28-22(23,33)34/h3-5,8-9,11,25,33-34H,6-7,10H2,1-2H3,(H,28,32)(H2,26,27,29,31). The molecule has 1 fully saturated rings. The number of nitrogens with zero attached hydrogens (tertiary/aromatic N) is 3. The molecular weight excluding hydrogens is 517 g/mol. The predicted molar refractivity (Wildman–Crippen MR) is 142 cm³/mol. The van der Waals surface area contributed by atoms with Gasteiger partial charge in [-0.1, -0.05) is 18.0 Å². The third-order valence-corrected chi connectivity index (χ3v) is 6.63. The highest BCUT2D eigenvalue weighted by molar-refractivity contribution is 7.96. The van der Waals surface area contributed by atoms with E-state index in [4.69, 9.17) is 12.6 Å². The summed E-state index contributed by atoms with van der Waals surface area (Å²) in [4.78, 5) is 30.4. The van der Waals surface area contributed by atoms with E-state index in [0.29, 0.717) is 18.0 Å². The van der Waals surface area contributed by atoms with Crippen LogP contribution in [0, 0.1) is 5.92 Å². The lowest BCUT2D eigenvalue weighted by molar-refractivity contribution is -0.117. The summed E-state index contributed by atoms with van der Waals surface area (Å²) >= 11 is 3.02. The number of aliphatic hydroxyl groups is 2. The highest BCUT2D eigenvalue weighted by Crippen LogP contribution is 2.40. The van der Waals surface area contributed by atoms with Gasteiger partial charge in [0.25, 0.3) is 5.91 Å². The maximum absolute atomic E-state index is 12.7. The first-order chi connectivity index (χ1) is 17.7. The summed E-state index contributed by atoms with van der Waals surface area (Å²) < 4.78 is 8.87. The van der Waals surface area contributed by atoms with Crippen LogP contribution >= 0.6 is 23.3 Å². The summed E-state index contributed by atoms with van der Waals surface area (Å²) in [5.41, 5.74) is 0.999. The Morgan fingerprint density at radius 2 is 2.05 bits per heavy atom. The van der Waals surface area contributed by atoms with Crippen LogP contribution in [-0.2, 0) is 11.3 Å². The first-order valence-electron chi connectivity index (χ1n) is 11.1. The molecule has 1 saturated carbocycles. The number of para-hydroxylation sites is 1. The van der Waals surface area contributed by atoms with E-state index in [0.717, 1.165) is 28.3 Å². The molecule has 0 spiro atoms. The second kappa shape index (κ2) is 11.4. The van der Waals surface area contributed by atoms with Crippen molar-refractivity contribution in [2.75, 3.05) is 24.0 Å². The quantitative estimate of drug-likeness (QED) is 0.118. The van der Waals surface area contributed by atoms with Crippen LogP contribution in [-0.4, -0.2) is 64.2 Å². The van der Waals surface area contributed by atoms with E-state index in [1.165, 1.54) is 36.5 Å². The molecule has 0 atom stereocenters. The van der Waals surface area contributed by atoms with Gasteiger partial charge in [-0.3, -0.25) is 14.3 Å². The normalized spacial score (nSPS) is 13.2. The monoisotopic (exact) mass is 541 g/mol. The molecule has 37 heavy (non-hydrogen) atoms. The Morgan fingerprint density at radius 3 is 2.73 bits per heavy atom. The summed E-state index contributed by atoms with van der Waals surface area (Å²) in [6.45, 7) is 0.661. The molecule has 0 saturated heterocycles. The van der Waals surface area contributed by atoms with Crippen LogP contribution in [0.3, 0.4) is 0 Å². The van der Waals surface area contributed by atoms with Gasteiger partial charge >= 0.3 is 0 Å². The fourth-order valence-corrected chi connectivity index (χ4v) is 4.61. The smallest absolute Gasteiger partial charge is 0.277 e. The van der Waals surface area contributed by atoms with Crippen molar-refractivity contribution in [3.05, 3.63) is 41.0 Å². The number of hydrogen-bond acceptors (Lipinski definition) is 12. The van der Waals surface area contributed by atoms with Crippen LogP contribution in [0.4, 0.5) is 17.2 Å². The van der Waals surface area contributed by atoms with E-state index in [9.17, 15) is 19.8 Å². The molecule has 1 aliphatic rings. The third kappa shape index (κ3) is 6.96. The van der Waals surface area contributed by atoms with E-state index in [1.54, 1.807) is 18.3 Å². The second-order valence-corrected chi connectivity index (χ2v) is 9.92. The third-order valence-electron chi connectivity index (χ3n) is 5.17. The zero-order chi connectivity index (χ0) is 26.6. The van der Waals surface area contributed by atoms with Crippen LogP contribution < -0.4 is 25.4 Å². The van der Waals surface area contributed by atoms with E-state index >= 15 is 0 Å². The van der Waals surface area contributed by atoms with Crippen LogP contribution in [0.5, 0.6) is 5.75 Å². The Balaban J connectivity index is 1.69. The molecule has 6 N–H and O–H groups in total. The lowest BCUT2D eigenvalue weighted by Gasteiger charge is -2.20. The summed E-state index contributed by atoms with van der Waals surface area (Å²) in [6, 6.07) is 6.78. The maximum atomic E-state index is 12.7. The minimum absolute atomic E-state index is 0.0751. The number of ether oxygens (including phenoxy) is 1. The number of methoxy groups -OCH3 is 1. The average molecular weight is 541 g/mol. The van der Waals surface area contributed by atoms with Crippen LogP contribution in [0.15, 0.2) is 30.5 Å². The topological polar surface area (TPSA) is 171 Å². The SMILES string of the molecule is [B]C(O)(O)NC(=O)c1nnc(NC(=O)C2CC2)cc1Nc1cccc(-c2ncc(CNSC)s2)c1OC. The van der Waals surface area contributed by atoms with Gasteiger partial charge in [0.15, 0.2) is 30.9 Å². The van der Waals surface area contributed by atoms with E-state index in [1.807, 2.05) is 17.6 Å². The number of carbonyl (C=O) groups excluding carboxylic acids is 2. The van der Waals surface area contributed by atoms with Crippen LogP contribution in [0.2, 0.25) is 0 Å². The minimum Gasteiger partial charge on any atom is -0.494 e. The number of hydrogen-bond donors (Lipinski definition) is 6. The Hall–Kier alpha value is -3.24. The first-order valence-corrected chi connectivity index (χ1v) is 13.1. The largest absolute Gasteiger partial charge is 0.494 e. The zero-order valence-corrected chi connectivity index (χ0v) is 21.6. The number of carbonyl (C=O) groups is 2. The molecule has 1 aliphatic carbocycles. The number of thiazole rings is 1. The van der Waals surface area contributed by atoms with Gasteiger partial charge in [0.2, 0.25) is 5.91 Å². The van der Waals surface area contributed by atoms with Gasteiger partial charge < -0.3 is 30.9 Å². The summed E-state index contributed by atoms with van der Waals surface area (Å²) in [5, 5.41) is 34.9. The van der Waals surface area contributed by atoms with Gasteiger partial charge in [-0.15, -0.1) is 21.5 Å². The molecule has 0 bridgehead atoms. The summed E-state index contributed by atoms with van der Waals surface area (Å²) in [7, 11) is 6.60. The lowest BCUT2D eigenvalue weighted by Crippen LogP contribution is -2.49. The number of amides is 2. The van der Waals surface area contributed by atoms with Crippen molar-refractivity contribution in [1.29, 1.82) is 0 Å². The van der Waals surface area contributed by atoms with Gasteiger partial charge in [-0.25, -0.2) is 4.98 Å². The van der Waals surface area contributed by atoms with E-state index < -0.39 is 11.7 Å². The van der Waals surface area contributed by atoms with Crippen molar-refractivity contribution in [1.82, 2.24) is 25.2 Å². The minimum atomic E-state index is -2.97. The van der Waals surface area contributed by atoms with Crippen molar-refractivity contribution in [2.45, 2.75) is 25.2 Å². The molecule has 1 aromatic carbocycles. The number of benzene rings is 1. The first kappa shape index (κ1) is 26.8. The number of anilines is 3. The average Bonchev–Trinajstić information content (AvgIpc) is 3.60. The van der Waals surface area contributed by atoms with E-state index in [2.05, 4.69) is 30.5 Å². The molecule has 3 aromatic rings.